The maximum absolute atomic E-state index is 13.5. The number of thioether (sulfide) groups is 1. The van der Waals surface area contributed by atoms with Crippen molar-refractivity contribution >= 4 is 18.0 Å². The summed E-state index contributed by atoms with van der Waals surface area (Å²) in [4.78, 5) is 11.2. The Bertz CT molecular complexity index is 375. The van der Waals surface area contributed by atoms with Crippen molar-refractivity contribution in [1.82, 2.24) is 0 Å². The first-order chi connectivity index (χ1) is 7.81. The summed E-state index contributed by atoms with van der Waals surface area (Å²) in [6.07, 6.45) is 2.99. The molecule has 2 rings (SSSR count). The smallest absolute Gasteiger partial charge is 0.151 e. The molecule has 4 heteroatoms. The van der Waals surface area contributed by atoms with Gasteiger partial charge in [-0.15, -0.1) is 11.8 Å². The lowest BCUT2D eigenvalue weighted by Crippen LogP contribution is -2.08. The first-order valence-electron chi connectivity index (χ1n) is 5.29. The van der Waals surface area contributed by atoms with Crippen molar-refractivity contribution in [1.29, 1.82) is 0 Å². The molecular formula is C12H13FO2S. The summed E-state index contributed by atoms with van der Waals surface area (Å²) in [6, 6.07) is 4.56. The number of aldehydes is 1. The highest BCUT2D eigenvalue weighted by molar-refractivity contribution is 7.99. The fourth-order valence-electron chi connectivity index (χ4n) is 1.72. The average molecular weight is 240 g/mol. The van der Waals surface area contributed by atoms with Crippen LogP contribution in [-0.4, -0.2) is 24.7 Å². The van der Waals surface area contributed by atoms with Crippen LogP contribution in [-0.2, 0) is 4.74 Å². The zero-order valence-corrected chi connectivity index (χ0v) is 9.63. The third kappa shape index (κ3) is 2.62. The van der Waals surface area contributed by atoms with Gasteiger partial charge in [0.1, 0.15) is 5.82 Å². The molecule has 0 amide bonds. The molecule has 1 aliphatic heterocycles. The monoisotopic (exact) mass is 240 g/mol. The normalized spacial score (nSPS) is 19.9. The Morgan fingerprint density at radius 1 is 1.56 bits per heavy atom. The van der Waals surface area contributed by atoms with Crippen LogP contribution in [0.1, 0.15) is 23.2 Å². The molecule has 0 aliphatic carbocycles. The Morgan fingerprint density at radius 3 is 3.12 bits per heavy atom. The number of hydrogen-bond acceptors (Lipinski definition) is 3. The molecule has 0 radical (unpaired) electrons. The second-order valence-corrected chi connectivity index (χ2v) is 4.75. The quantitative estimate of drug-likeness (QED) is 0.598. The van der Waals surface area contributed by atoms with Crippen molar-refractivity contribution in [2.24, 2.45) is 0 Å². The highest BCUT2D eigenvalue weighted by Crippen LogP contribution is 2.28. The summed E-state index contributed by atoms with van der Waals surface area (Å²) in [7, 11) is 0. The van der Waals surface area contributed by atoms with E-state index in [1.807, 2.05) is 0 Å². The summed E-state index contributed by atoms with van der Waals surface area (Å²) in [5.74, 6) is 0.384. The first kappa shape index (κ1) is 11.6. The van der Waals surface area contributed by atoms with Gasteiger partial charge in [-0.1, -0.05) is 12.1 Å². The molecule has 1 aromatic carbocycles. The number of hydrogen-bond donors (Lipinski definition) is 0. The molecule has 1 saturated heterocycles. The van der Waals surface area contributed by atoms with Gasteiger partial charge in [0.2, 0.25) is 0 Å². The molecule has 1 fully saturated rings. The lowest BCUT2D eigenvalue weighted by atomic mass is 10.2. The van der Waals surface area contributed by atoms with Crippen molar-refractivity contribution in [3.8, 4) is 0 Å². The lowest BCUT2D eigenvalue weighted by Gasteiger charge is -2.10. The molecule has 1 unspecified atom stereocenters. The highest BCUT2D eigenvalue weighted by atomic mass is 32.2. The number of ether oxygens (including phenoxy) is 1. The van der Waals surface area contributed by atoms with Crippen LogP contribution in [0.4, 0.5) is 4.39 Å². The number of rotatable bonds is 4. The van der Waals surface area contributed by atoms with Crippen molar-refractivity contribution in [2.45, 2.75) is 23.8 Å². The van der Waals surface area contributed by atoms with Gasteiger partial charge in [0, 0.05) is 17.9 Å². The number of halogens is 1. The maximum Gasteiger partial charge on any atom is 0.151 e. The minimum absolute atomic E-state index is 0.198. The minimum Gasteiger partial charge on any atom is -0.377 e. The minimum atomic E-state index is -0.326. The number of carbonyl (C=O) groups is 1. The fourth-order valence-corrected chi connectivity index (χ4v) is 2.83. The molecule has 0 aromatic heterocycles. The van der Waals surface area contributed by atoms with Crippen LogP contribution in [0.2, 0.25) is 0 Å². The van der Waals surface area contributed by atoms with Crippen molar-refractivity contribution in [2.75, 3.05) is 12.4 Å². The van der Waals surface area contributed by atoms with Gasteiger partial charge < -0.3 is 4.74 Å². The van der Waals surface area contributed by atoms with Crippen LogP contribution in [0, 0.1) is 5.82 Å². The lowest BCUT2D eigenvalue weighted by molar-refractivity contribution is 0.111. The summed E-state index contributed by atoms with van der Waals surface area (Å²) in [5.41, 5.74) is 0.419. The molecule has 1 aliphatic rings. The Morgan fingerprint density at radius 2 is 2.44 bits per heavy atom. The molecule has 16 heavy (non-hydrogen) atoms. The van der Waals surface area contributed by atoms with Gasteiger partial charge in [-0.2, -0.15) is 0 Å². The van der Waals surface area contributed by atoms with Crippen LogP contribution in [0.25, 0.3) is 0 Å². The Kier molecular flexibility index (Phi) is 3.96. The zero-order chi connectivity index (χ0) is 11.4. The van der Waals surface area contributed by atoms with Crippen LogP contribution in [0.15, 0.2) is 23.1 Å². The topological polar surface area (TPSA) is 26.3 Å². The van der Waals surface area contributed by atoms with E-state index < -0.39 is 0 Å². The van der Waals surface area contributed by atoms with E-state index in [0.29, 0.717) is 22.5 Å². The van der Waals surface area contributed by atoms with Crippen LogP contribution in [0.3, 0.4) is 0 Å². The van der Waals surface area contributed by atoms with Gasteiger partial charge in [0.15, 0.2) is 6.29 Å². The van der Waals surface area contributed by atoms with E-state index in [2.05, 4.69) is 0 Å². The Labute approximate surface area is 98.2 Å². The van der Waals surface area contributed by atoms with E-state index >= 15 is 0 Å². The Balaban J connectivity index is 2.04. The highest BCUT2D eigenvalue weighted by Gasteiger charge is 2.17. The second-order valence-electron chi connectivity index (χ2n) is 3.72. The number of benzene rings is 1. The predicted octanol–water partition coefficient (Wildman–Crippen LogP) is 2.91. The van der Waals surface area contributed by atoms with E-state index in [1.54, 1.807) is 12.1 Å². The molecule has 1 atom stereocenters. The van der Waals surface area contributed by atoms with Gasteiger partial charge >= 0.3 is 0 Å². The summed E-state index contributed by atoms with van der Waals surface area (Å²) >= 11 is 1.36. The molecule has 86 valence electrons. The fraction of sp³-hybridized carbons (Fsp3) is 0.417. The van der Waals surface area contributed by atoms with Crippen LogP contribution < -0.4 is 0 Å². The maximum atomic E-state index is 13.5. The zero-order valence-electron chi connectivity index (χ0n) is 8.82. The van der Waals surface area contributed by atoms with E-state index in [1.165, 1.54) is 17.8 Å². The first-order valence-corrected chi connectivity index (χ1v) is 6.28. The van der Waals surface area contributed by atoms with Crippen molar-refractivity contribution < 1.29 is 13.9 Å². The molecule has 0 bridgehead atoms. The van der Waals surface area contributed by atoms with Gasteiger partial charge in [-0.3, -0.25) is 4.79 Å². The standard InChI is InChI=1S/C12H13FO2S/c13-11-5-1-3-9(7-14)12(11)16-8-10-4-2-6-15-10/h1,3,5,7,10H,2,4,6,8H2. The molecule has 1 aromatic rings. The van der Waals surface area contributed by atoms with E-state index in [-0.39, 0.29) is 11.9 Å². The van der Waals surface area contributed by atoms with E-state index in [9.17, 15) is 9.18 Å². The summed E-state index contributed by atoms with van der Waals surface area (Å²) < 4.78 is 18.9. The third-order valence-electron chi connectivity index (χ3n) is 2.56. The average Bonchev–Trinajstić information content (AvgIpc) is 2.80. The van der Waals surface area contributed by atoms with Crippen molar-refractivity contribution in [3.05, 3.63) is 29.6 Å². The Hall–Kier alpha value is -0.870. The van der Waals surface area contributed by atoms with Crippen LogP contribution >= 0.6 is 11.8 Å². The summed E-state index contributed by atoms with van der Waals surface area (Å²) in [5, 5.41) is 0. The van der Waals surface area contributed by atoms with Crippen molar-refractivity contribution in [3.63, 3.8) is 0 Å². The molecule has 1 heterocycles. The third-order valence-corrected chi connectivity index (χ3v) is 3.82. The SMILES string of the molecule is O=Cc1cccc(F)c1SCC1CCCO1. The van der Waals surface area contributed by atoms with Gasteiger partial charge in [-0.25, -0.2) is 4.39 Å². The molecular weight excluding hydrogens is 227 g/mol. The van der Waals surface area contributed by atoms with E-state index in [4.69, 9.17) is 4.74 Å². The molecule has 2 nitrogen and oxygen atoms in total. The number of carbonyl (C=O) groups excluding carboxylic acids is 1. The molecule has 0 spiro atoms. The largest absolute Gasteiger partial charge is 0.377 e. The molecule has 0 saturated carbocycles. The van der Waals surface area contributed by atoms with Gasteiger partial charge in [0.05, 0.1) is 11.0 Å². The van der Waals surface area contributed by atoms with E-state index in [0.717, 1.165) is 19.4 Å². The van der Waals surface area contributed by atoms with Gasteiger partial charge in [-0.05, 0) is 18.9 Å². The summed E-state index contributed by atoms with van der Waals surface area (Å²) in [6.45, 7) is 0.795. The second kappa shape index (κ2) is 5.46. The predicted molar refractivity (Wildman–Crippen MR) is 61.5 cm³/mol. The van der Waals surface area contributed by atoms with Gasteiger partial charge in [0.25, 0.3) is 0 Å². The molecule has 0 N–H and O–H groups in total. The van der Waals surface area contributed by atoms with Crippen LogP contribution in [0.5, 0.6) is 0 Å².